The zero-order valence-corrected chi connectivity index (χ0v) is 17.8. The number of pyridine rings is 1. The van der Waals surface area contributed by atoms with E-state index in [-0.39, 0.29) is 0 Å². The van der Waals surface area contributed by atoms with Crippen LogP contribution in [0.5, 0.6) is 5.88 Å². The van der Waals surface area contributed by atoms with Gasteiger partial charge in [-0.2, -0.15) is 0 Å². The fourth-order valence-corrected chi connectivity index (χ4v) is 3.06. The van der Waals surface area contributed by atoms with Crippen LogP contribution in [0, 0.1) is 0 Å². The van der Waals surface area contributed by atoms with Crippen molar-refractivity contribution in [3.8, 4) is 17.1 Å². The number of nitrogens with zero attached hydrogens (tertiary/aromatic N) is 4. The zero-order chi connectivity index (χ0) is 20.0. The number of hydrogen-bond acceptors (Lipinski definition) is 6. The topological polar surface area (TPSA) is 63.2 Å². The minimum Gasteiger partial charge on any atom is -0.478 e. The number of methoxy groups -OCH3 is 1. The minimum absolute atomic E-state index is 0.357. The number of aryl methyl sites for hydroxylation is 2. The van der Waals surface area contributed by atoms with Crippen molar-refractivity contribution in [3.05, 3.63) is 23.5 Å². The summed E-state index contributed by atoms with van der Waals surface area (Å²) in [6.45, 7) is 8.56. The fraction of sp³-hybridized carbons (Fsp3) is 0.571. The van der Waals surface area contributed by atoms with Crippen LogP contribution in [0.25, 0.3) is 11.3 Å². The van der Waals surface area contributed by atoms with Gasteiger partial charge in [0, 0.05) is 25.7 Å². The van der Waals surface area contributed by atoms with Crippen molar-refractivity contribution in [2.24, 2.45) is 0 Å². The lowest BCUT2D eigenvalue weighted by molar-refractivity contribution is 0.397. The van der Waals surface area contributed by atoms with Crippen LogP contribution in [0.4, 0.5) is 11.6 Å². The Morgan fingerprint density at radius 2 is 1.63 bits per heavy atom. The molecule has 0 radical (unpaired) electrons. The molecule has 0 aromatic carbocycles. The van der Waals surface area contributed by atoms with Crippen LogP contribution >= 0.6 is 0 Å². The number of rotatable bonds is 9. The first-order chi connectivity index (χ1) is 13.0. The van der Waals surface area contributed by atoms with Crippen LogP contribution in [-0.4, -0.2) is 42.2 Å². The monoisotopic (exact) mass is 371 g/mol. The summed E-state index contributed by atoms with van der Waals surface area (Å²) in [7, 11) is 5.64. The van der Waals surface area contributed by atoms with Crippen LogP contribution in [0.2, 0.25) is 0 Å². The van der Waals surface area contributed by atoms with Gasteiger partial charge in [0.2, 0.25) is 0 Å². The second-order valence-corrected chi connectivity index (χ2v) is 6.80. The molecule has 0 unspecified atom stereocenters. The summed E-state index contributed by atoms with van der Waals surface area (Å²) in [5.41, 5.74) is 3.87. The first-order valence-electron chi connectivity index (χ1n) is 9.87. The Hall–Kier alpha value is -2.37. The second-order valence-electron chi connectivity index (χ2n) is 6.80. The second kappa shape index (κ2) is 9.53. The minimum atomic E-state index is 0.357. The van der Waals surface area contributed by atoms with Gasteiger partial charge < -0.3 is 15.0 Å². The highest BCUT2D eigenvalue weighted by molar-refractivity contribution is 5.68. The van der Waals surface area contributed by atoms with Crippen molar-refractivity contribution >= 4 is 11.6 Å². The Kier molecular flexibility index (Phi) is 7.39. The maximum absolute atomic E-state index is 5.57. The third-order valence-corrected chi connectivity index (χ3v) is 4.80. The summed E-state index contributed by atoms with van der Waals surface area (Å²) in [5.74, 6) is 2.20. The Balaban J connectivity index is 2.57. The van der Waals surface area contributed by atoms with E-state index in [1.54, 1.807) is 7.11 Å². The molecule has 2 aromatic heterocycles. The first kappa shape index (κ1) is 20.9. The Morgan fingerprint density at radius 3 is 2.15 bits per heavy atom. The predicted molar refractivity (Wildman–Crippen MR) is 113 cm³/mol. The summed E-state index contributed by atoms with van der Waals surface area (Å²) < 4.78 is 5.57. The van der Waals surface area contributed by atoms with Gasteiger partial charge in [0.15, 0.2) is 5.82 Å². The van der Waals surface area contributed by atoms with Gasteiger partial charge in [-0.05, 0) is 37.8 Å². The molecule has 0 aliphatic carbocycles. The van der Waals surface area contributed by atoms with E-state index in [1.165, 1.54) is 0 Å². The Morgan fingerprint density at radius 1 is 0.963 bits per heavy atom. The van der Waals surface area contributed by atoms with E-state index in [9.17, 15) is 0 Å². The molecule has 148 valence electrons. The van der Waals surface area contributed by atoms with Gasteiger partial charge in [-0.3, -0.25) is 0 Å². The van der Waals surface area contributed by atoms with E-state index in [0.717, 1.165) is 60.0 Å². The van der Waals surface area contributed by atoms with Crippen LogP contribution in [-0.2, 0) is 12.8 Å². The molecule has 0 spiro atoms. The van der Waals surface area contributed by atoms with Crippen LogP contribution < -0.4 is 15.0 Å². The molecule has 0 saturated carbocycles. The zero-order valence-electron chi connectivity index (χ0n) is 17.8. The fourth-order valence-electron chi connectivity index (χ4n) is 3.06. The first-order valence-corrected chi connectivity index (χ1v) is 9.87. The highest BCUT2D eigenvalue weighted by atomic mass is 16.5. The normalized spacial score (nSPS) is 11.0. The van der Waals surface area contributed by atoms with Crippen molar-refractivity contribution in [3.63, 3.8) is 0 Å². The number of anilines is 2. The van der Waals surface area contributed by atoms with E-state index >= 15 is 0 Å². The van der Waals surface area contributed by atoms with Gasteiger partial charge in [-0.25, -0.2) is 15.0 Å². The van der Waals surface area contributed by atoms with E-state index in [2.05, 4.69) is 39.1 Å². The molecule has 2 rings (SSSR count). The SMILES string of the molecule is CCc1nc(N(C)C)ccc1-c1nc(OC)c(NC(CC)CC)nc1CC. The van der Waals surface area contributed by atoms with Crippen molar-refractivity contribution in [1.29, 1.82) is 0 Å². The van der Waals surface area contributed by atoms with E-state index < -0.39 is 0 Å². The maximum Gasteiger partial charge on any atom is 0.257 e. The van der Waals surface area contributed by atoms with Crippen LogP contribution in [0.3, 0.4) is 0 Å². The highest BCUT2D eigenvalue weighted by Gasteiger charge is 2.19. The molecule has 6 nitrogen and oxygen atoms in total. The van der Waals surface area contributed by atoms with Crippen LogP contribution in [0.1, 0.15) is 51.9 Å². The lowest BCUT2D eigenvalue weighted by Crippen LogP contribution is -2.19. The summed E-state index contributed by atoms with van der Waals surface area (Å²) in [5, 5.41) is 3.48. The molecule has 1 N–H and O–H groups in total. The molecule has 0 amide bonds. The molecule has 0 atom stereocenters. The standard InChI is InChI=1S/C21H33N5O/c1-8-14(9-2)22-20-21(27-7)25-19(17(11-4)24-20)15-12-13-18(26(5)6)23-16(15)10-3/h12-14H,8-11H2,1-7H3,(H,22,24). The molecule has 0 aliphatic heterocycles. The molecule has 2 aromatic rings. The van der Waals surface area contributed by atoms with Crippen molar-refractivity contribution in [2.75, 3.05) is 31.4 Å². The predicted octanol–water partition coefficient (Wildman–Crippen LogP) is 4.34. The van der Waals surface area contributed by atoms with E-state index in [1.807, 2.05) is 25.1 Å². The molecule has 27 heavy (non-hydrogen) atoms. The van der Waals surface area contributed by atoms with Crippen molar-refractivity contribution in [2.45, 2.75) is 59.4 Å². The van der Waals surface area contributed by atoms with Gasteiger partial charge in [0.1, 0.15) is 5.82 Å². The van der Waals surface area contributed by atoms with Gasteiger partial charge in [-0.1, -0.05) is 27.7 Å². The molecular formula is C21H33N5O. The summed E-state index contributed by atoms with van der Waals surface area (Å²) >= 11 is 0. The molecular weight excluding hydrogens is 338 g/mol. The van der Waals surface area contributed by atoms with Gasteiger partial charge in [-0.15, -0.1) is 0 Å². The van der Waals surface area contributed by atoms with Gasteiger partial charge >= 0.3 is 0 Å². The van der Waals surface area contributed by atoms with Crippen LogP contribution in [0.15, 0.2) is 12.1 Å². The summed E-state index contributed by atoms with van der Waals surface area (Å²) in [4.78, 5) is 16.5. The smallest absolute Gasteiger partial charge is 0.257 e. The lowest BCUT2D eigenvalue weighted by atomic mass is 10.0. The number of ether oxygens (including phenoxy) is 1. The quantitative estimate of drug-likeness (QED) is 0.707. The molecule has 0 aliphatic rings. The maximum atomic E-state index is 5.57. The van der Waals surface area contributed by atoms with E-state index in [4.69, 9.17) is 19.7 Å². The number of aromatic nitrogens is 3. The average molecular weight is 372 g/mol. The molecule has 0 fully saturated rings. The number of hydrogen-bond donors (Lipinski definition) is 1. The van der Waals surface area contributed by atoms with Crippen molar-refractivity contribution < 1.29 is 4.74 Å². The molecule has 6 heteroatoms. The van der Waals surface area contributed by atoms with E-state index in [0.29, 0.717) is 11.9 Å². The average Bonchev–Trinajstić information content (AvgIpc) is 2.70. The molecule has 0 bridgehead atoms. The largest absolute Gasteiger partial charge is 0.478 e. The Bertz CT molecular complexity index is 756. The lowest BCUT2D eigenvalue weighted by Gasteiger charge is -2.20. The molecule has 0 saturated heterocycles. The molecule has 2 heterocycles. The Labute approximate surface area is 163 Å². The summed E-state index contributed by atoms with van der Waals surface area (Å²) in [6, 6.07) is 4.48. The third-order valence-electron chi connectivity index (χ3n) is 4.80. The van der Waals surface area contributed by atoms with Gasteiger partial charge in [0.05, 0.1) is 24.2 Å². The van der Waals surface area contributed by atoms with Crippen molar-refractivity contribution in [1.82, 2.24) is 15.0 Å². The third kappa shape index (κ3) is 4.67. The van der Waals surface area contributed by atoms with Gasteiger partial charge in [0.25, 0.3) is 5.88 Å². The summed E-state index contributed by atoms with van der Waals surface area (Å²) in [6.07, 6.45) is 3.68. The number of nitrogens with one attached hydrogen (secondary N) is 1. The highest BCUT2D eigenvalue weighted by Crippen LogP contribution is 2.31.